The molecule has 4 aromatic rings. The number of rotatable bonds is 3. The number of H-pyrrole nitrogens is 1. The van der Waals surface area contributed by atoms with Gasteiger partial charge in [-0.15, -0.1) is 0 Å². The predicted octanol–water partition coefficient (Wildman–Crippen LogP) is 5.85. The highest BCUT2D eigenvalue weighted by Crippen LogP contribution is 2.65. The molecule has 5 atom stereocenters. The fourth-order valence-electron chi connectivity index (χ4n) is 5.54. The average molecular weight is 413 g/mol. The van der Waals surface area contributed by atoms with E-state index in [1.54, 1.807) is 6.33 Å². The van der Waals surface area contributed by atoms with E-state index in [0.29, 0.717) is 39.7 Å². The van der Waals surface area contributed by atoms with Gasteiger partial charge < -0.3 is 9.55 Å². The van der Waals surface area contributed by atoms with Gasteiger partial charge in [-0.1, -0.05) is 18.5 Å². The van der Waals surface area contributed by atoms with Gasteiger partial charge in [-0.25, -0.2) is 18.7 Å². The van der Waals surface area contributed by atoms with Gasteiger partial charge in [0.15, 0.2) is 11.6 Å². The minimum absolute atomic E-state index is 0.290. The topological polar surface area (TPSA) is 46.5 Å². The van der Waals surface area contributed by atoms with Crippen molar-refractivity contribution in [2.45, 2.75) is 31.7 Å². The normalized spacial score (nSPS) is 26.9. The third-order valence-corrected chi connectivity index (χ3v) is 7.20. The Morgan fingerprint density at radius 2 is 1.86 bits per heavy atom. The number of aromatic amines is 1. The Morgan fingerprint density at radius 3 is 2.66 bits per heavy atom. The molecule has 7 heteroatoms. The van der Waals surface area contributed by atoms with E-state index >= 15 is 0 Å². The van der Waals surface area contributed by atoms with Crippen LogP contribution in [0.1, 0.15) is 37.5 Å². The van der Waals surface area contributed by atoms with Crippen LogP contribution in [0, 0.1) is 29.4 Å². The Bertz CT molecular complexity index is 1250. The lowest BCUT2D eigenvalue weighted by Crippen LogP contribution is -2.11. The van der Waals surface area contributed by atoms with Gasteiger partial charge in [0.05, 0.1) is 28.4 Å². The summed E-state index contributed by atoms with van der Waals surface area (Å²) in [7, 11) is 0. The zero-order valence-electron chi connectivity index (χ0n) is 15.7. The van der Waals surface area contributed by atoms with Gasteiger partial charge in [-0.2, -0.15) is 0 Å². The van der Waals surface area contributed by atoms with Crippen molar-refractivity contribution in [2.24, 2.45) is 17.8 Å². The van der Waals surface area contributed by atoms with E-state index in [1.807, 2.05) is 22.8 Å². The first-order valence-corrected chi connectivity index (χ1v) is 10.3. The largest absolute Gasteiger partial charge is 0.342 e. The molecule has 2 aliphatic rings. The van der Waals surface area contributed by atoms with Gasteiger partial charge in [0.2, 0.25) is 0 Å². The molecule has 1 N–H and O–H groups in total. The summed E-state index contributed by atoms with van der Waals surface area (Å²) < 4.78 is 29.2. The molecule has 0 radical (unpaired) electrons. The maximum Gasteiger partial charge on any atom is 0.161 e. The van der Waals surface area contributed by atoms with Crippen LogP contribution in [-0.4, -0.2) is 19.5 Å². The van der Waals surface area contributed by atoms with E-state index < -0.39 is 11.6 Å². The Labute approximate surface area is 170 Å². The lowest BCUT2D eigenvalue weighted by atomic mass is 9.96. The van der Waals surface area contributed by atoms with Crippen LogP contribution in [0.2, 0.25) is 5.02 Å². The number of nitrogens with zero attached hydrogens (tertiary/aromatic N) is 3. The van der Waals surface area contributed by atoms with Crippen molar-refractivity contribution in [2.75, 3.05) is 0 Å². The molecule has 6 rings (SSSR count). The highest BCUT2D eigenvalue weighted by atomic mass is 35.5. The highest BCUT2D eigenvalue weighted by molar-refractivity contribution is 6.31. The molecule has 0 amide bonds. The number of benzene rings is 2. The van der Waals surface area contributed by atoms with Gasteiger partial charge in [0.25, 0.3) is 0 Å². The van der Waals surface area contributed by atoms with E-state index in [9.17, 15) is 8.78 Å². The fourth-order valence-corrected chi connectivity index (χ4v) is 5.71. The fraction of sp³-hybridized carbons (Fsp3) is 0.364. The first kappa shape index (κ1) is 17.4. The molecule has 0 aliphatic heterocycles. The summed E-state index contributed by atoms with van der Waals surface area (Å²) in [4.78, 5) is 12.5. The van der Waals surface area contributed by atoms with Crippen molar-refractivity contribution in [1.82, 2.24) is 19.5 Å². The standard InChI is InChI=1S/C22H19ClF2N4/c1-10(22-27-17-3-2-11(23)4-18(17)28-22)21-13-5-12(6-14(13)21)29-9-26-19-7-15(24)16(25)8-20(19)29/h2-4,7-10,12-14,21H,5-6H2,1H3,(H,27,28)/t10?,12-,13-,14+,21-. The van der Waals surface area contributed by atoms with Crippen molar-refractivity contribution in [1.29, 1.82) is 0 Å². The van der Waals surface area contributed by atoms with Gasteiger partial charge in [0.1, 0.15) is 5.82 Å². The van der Waals surface area contributed by atoms with E-state index in [-0.39, 0.29) is 6.04 Å². The van der Waals surface area contributed by atoms with E-state index in [2.05, 4.69) is 16.9 Å². The molecule has 2 saturated carbocycles. The highest BCUT2D eigenvalue weighted by Gasteiger charge is 2.58. The maximum absolute atomic E-state index is 13.7. The summed E-state index contributed by atoms with van der Waals surface area (Å²) >= 11 is 6.08. The number of aromatic nitrogens is 4. The Hall–Kier alpha value is -2.47. The summed E-state index contributed by atoms with van der Waals surface area (Å²) in [5.74, 6) is 1.57. The molecular formula is C22H19ClF2N4. The zero-order valence-corrected chi connectivity index (χ0v) is 16.5. The summed E-state index contributed by atoms with van der Waals surface area (Å²) in [5.41, 5.74) is 3.10. The SMILES string of the molecule is CC(c1nc2cc(Cl)ccc2[nH]1)[C@@H]1[C@@H]2C[C@@H](n3cnc4cc(F)c(F)cc43)C[C@@H]21. The van der Waals surface area contributed by atoms with E-state index in [1.165, 1.54) is 12.1 Å². The molecule has 2 aliphatic carbocycles. The second kappa shape index (κ2) is 6.02. The van der Waals surface area contributed by atoms with E-state index in [4.69, 9.17) is 16.6 Å². The van der Waals surface area contributed by atoms with Crippen molar-refractivity contribution >= 4 is 33.7 Å². The van der Waals surface area contributed by atoms with Crippen molar-refractivity contribution in [3.8, 4) is 0 Å². The molecule has 148 valence electrons. The summed E-state index contributed by atoms with van der Waals surface area (Å²) in [6, 6.07) is 8.46. The van der Waals surface area contributed by atoms with Crippen LogP contribution in [0.15, 0.2) is 36.7 Å². The Balaban J connectivity index is 1.22. The van der Waals surface area contributed by atoms with Crippen LogP contribution >= 0.6 is 11.6 Å². The van der Waals surface area contributed by atoms with Crippen LogP contribution in [0.3, 0.4) is 0 Å². The number of hydrogen-bond donors (Lipinski definition) is 1. The van der Waals surface area contributed by atoms with Gasteiger partial charge >= 0.3 is 0 Å². The van der Waals surface area contributed by atoms with Crippen LogP contribution in [-0.2, 0) is 0 Å². The van der Waals surface area contributed by atoms with Crippen molar-refractivity contribution in [3.63, 3.8) is 0 Å². The maximum atomic E-state index is 13.7. The second-order valence-electron chi connectivity index (χ2n) is 8.51. The molecule has 0 bridgehead atoms. The lowest BCUT2D eigenvalue weighted by molar-refractivity contribution is 0.406. The summed E-state index contributed by atoms with van der Waals surface area (Å²) in [5, 5.41) is 0.693. The molecule has 4 nitrogen and oxygen atoms in total. The van der Waals surface area contributed by atoms with Crippen LogP contribution in [0.25, 0.3) is 22.1 Å². The van der Waals surface area contributed by atoms with Gasteiger partial charge in [-0.05, 0) is 48.8 Å². The number of hydrogen-bond acceptors (Lipinski definition) is 2. The first-order valence-electron chi connectivity index (χ1n) is 9.96. The molecule has 2 fully saturated rings. The molecule has 1 unspecified atom stereocenters. The smallest absolute Gasteiger partial charge is 0.161 e. The lowest BCUT2D eigenvalue weighted by Gasteiger charge is -2.19. The monoisotopic (exact) mass is 412 g/mol. The number of halogens is 3. The second-order valence-corrected chi connectivity index (χ2v) is 8.95. The number of imidazole rings is 2. The van der Waals surface area contributed by atoms with Crippen molar-refractivity contribution in [3.05, 3.63) is 59.1 Å². The minimum Gasteiger partial charge on any atom is -0.342 e. The van der Waals surface area contributed by atoms with E-state index in [0.717, 1.165) is 29.7 Å². The van der Waals surface area contributed by atoms with Crippen LogP contribution in [0.5, 0.6) is 0 Å². The molecule has 2 aromatic carbocycles. The first-order chi connectivity index (χ1) is 14.0. The van der Waals surface area contributed by atoms with Gasteiger partial charge in [0, 0.05) is 29.1 Å². The number of nitrogens with one attached hydrogen (secondary N) is 1. The third kappa shape index (κ3) is 2.61. The molecule has 0 saturated heterocycles. The minimum atomic E-state index is -0.849. The third-order valence-electron chi connectivity index (χ3n) is 6.97. The average Bonchev–Trinajstić information content (AvgIpc) is 3.09. The summed E-state index contributed by atoms with van der Waals surface area (Å²) in [6.45, 7) is 2.24. The van der Waals surface area contributed by atoms with Crippen LogP contribution < -0.4 is 0 Å². The predicted molar refractivity (Wildman–Crippen MR) is 108 cm³/mol. The summed E-state index contributed by atoms with van der Waals surface area (Å²) in [6.07, 6.45) is 3.80. The molecule has 2 heterocycles. The molecule has 29 heavy (non-hydrogen) atoms. The quantitative estimate of drug-likeness (QED) is 0.459. The molecule has 2 aromatic heterocycles. The van der Waals surface area contributed by atoms with Gasteiger partial charge in [-0.3, -0.25) is 0 Å². The molecule has 0 spiro atoms. The zero-order chi connectivity index (χ0) is 19.9. The number of fused-ring (bicyclic) bond motifs is 3. The Morgan fingerprint density at radius 1 is 1.10 bits per heavy atom. The van der Waals surface area contributed by atoms with Crippen LogP contribution in [0.4, 0.5) is 8.78 Å². The Kier molecular flexibility index (Phi) is 3.61. The van der Waals surface area contributed by atoms with Crippen molar-refractivity contribution < 1.29 is 8.78 Å². The molecular weight excluding hydrogens is 394 g/mol.